The van der Waals surface area contributed by atoms with E-state index in [2.05, 4.69) is 9.97 Å². The van der Waals surface area contributed by atoms with Gasteiger partial charge in [0.2, 0.25) is 11.8 Å². The number of rotatable bonds is 2. The largest absolute Gasteiger partial charge is 0.331 e. The predicted molar refractivity (Wildman–Crippen MR) is 96.6 cm³/mol. The number of nitrogens with zero attached hydrogens (tertiary/aromatic N) is 4. The molecule has 2 bridgehead atoms. The number of hydrogen-bond donors (Lipinski definition) is 0. The van der Waals surface area contributed by atoms with Crippen molar-refractivity contribution >= 4 is 28.8 Å². The molecule has 0 spiro atoms. The van der Waals surface area contributed by atoms with E-state index in [1.165, 1.54) is 4.90 Å². The highest BCUT2D eigenvalue weighted by Gasteiger charge is 2.48. The van der Waals surface area contributed by atoms with E-state index < -0.39 is 0 Å². The number of hydrogen-bond acceptors (Lipinski definition) is 5. The van der Waals surface area contributed by atoms with Crippen LogP contribution < -0.4 is 0 Å². The molecule has 2 unspecified atom stereocenters. The van der Waals surface area contributed by atoms with Crippen molar-refractivity contribution in [1.29, 1.82) is 0 Å². The molecule has 1 aromatic heterocycles. The topological polar surface area (TPSA) is 83.5 Å². The third kappa shape index (κ3) is 2.60. The van der Waals surface area contributed by atoms with Gasteiger partial charge in [0.1, 0.15) is 5.69 Å². The summed E-state index contributed by atoms with van der Waals surface area (Å²) in [7, 11) is 0. The number of likely N-dealkylation sites (tertiary alicyclic amines) is 1. The zero-order chi connectivity index (χ0) is 18.5. The molecule has 0 radical (unpaired) electrons. The molecule has 4 heterocycles. The van der Waals surface area contributed by atoms with Crippen molar-refractivity contribution in [3.8, 4) is 0 Å². The Labute approximate surface area is 156 Å². The minimum atomic E-state index is -0.0988. The van der Waals surface area contributed by atoms with Gasteiger partial charge in [-0.1, -0.05) is 12.1 Å². The highest BCUT2D eigenvalue weighted by atomic mass is 16.2. The van der Waals surface area contributed by atoms with E-state index in [9.17, 15) is 14.4 Å². The zero-order valence-corrected chi connectivity index (χ0v) is 14.9. The molecular formula is C20H20N4O3. The van der Waals surface area contributed by atoms with Gasteiger partial charge in [-0.2, -0.15) is 0 Å². The molecule has 3 fully saturated rings. The first-order valence-corrected chi connectivity index (χ1v) is 9.51. The monoisotopic (exact) mass is 364 g/mol. The van der Waals surface area contributed by atoms with Crippen LogP contribution in [0.25, 0.3) is 11.0 Å². The Hall–Kier alpha value is -2.83. The minimum absolute atomic E-state index is 0.0516. The van der Waals surface area contributed by atoms with Gasteiger partial charge >= 0.3 is 0 Å². The SMILES string of the molecule is O=C1CCC(=O)N1C1CC2CCC(C1)N2C(=O)c1cnc2ccccc2n1. The quantitative estimate of drug-likeness (QED) is 0.760. The summed E-state index contributed by atoms with van der Waals surface area (Å²) in [6.07, 6.45) is 5.33. The van der Waals surface area contributed by atoms with Crippen molar-refractivity contribution in [3.05, 3.63) is 36.2 Å². The molecule has 138 valence electrons. The lowest BCUT2D eigenvalue weighted by molar-refractivity contribution is -0.142. The van der Waals surface area contributed by atoms with Crippen molar-refractivity contribution in [2.24, 2.45) is 0 Å². The normalized spacial score (nSPS) is 27.6. The number of benzene rings is 1. The number of amides is 3. The Morgan fingerprint density at radius 3 is 2.22 bits per heavy atom. The molecule has 7 nitrogen and oxygen atoms in total. The van der Waals surface area contributed by atoms with Gasteiger partial charge in [-0.3, -0.25) is 24.3 Å². The highest BCUT2D eigenvalue weighted by molar-refractivity contribution is 6.02. The molecule has 3 amide bonds. The van der Waals surface area contributed by atoms with Crippen molar-refractivity contribution < 1.29 is 14.4 Å². The van der Waals surface area contributed by atoms with Crippen LogP contribution in [-0.4, -0.2) is 55.6 Å². The molecule has 2 atom stereocenters. The van der Waals surface area contributed by atoms with Gasteiger partial charge < -0.3 is 4.90 Å². The molecule has 1 aromatic carbocycles. The van der Waals surface area contributed by atoms with Crippen LogP contribution >= 0.6 is 0 Å². The van der Waals surface area contributed by atoms with Gasteiger partial charge in [-0.25, -0.2) is 4.98 Å². The molecule has 5 rings (SSSR count). The molecule has 7 heteroatoms. The molecule has 0 aliphatic carbocycles. The summed E-state index contributed by atoms with van der Waals surface area (Å²) in [4.78, 5) is 49.5. The molecular weight excluding hydrogens is 344 g/mol. The van der Waals surface area contributed by atoms with E-state index in [1.807, 2.05) is 29.2 Å². The van der Waals surface area contributed by atoms with Gasteiger partial charge in [0.25, 0.3) is 5.91 Å². The Kier molecular flexibility index (Phi) is 3.70. The molecule has 3 aliphatic rings. The zero-order valence-electron chi connectivity index (χ0n) is 14.9. The van der Waals surface area contributed by atoms with E-state index in [1.54, 1.807) is 6.20 Å². The number of carbonyl (C=O) groups excluding carboxylic acids is 3. The van der Waals surface area contributed by atoms with Crippen LogP contribution in [0.2, 0.25) is 0 Å². The predicted octanol–water partition coefficient (Wildman–Crippen LogP) is 1.91. The molecule has 0 saturated carbocycles. The van der Waals surface area contributed by atoms with E-state index in [0.717, 1.165) is 18.4 Å². The van der Waals surface area contributed by atoms with Crippen LogP contribution in [0.3, 0.4) is 0 Å². The average Bonchev–Trinajstić information content (AvgIpc) is 3.16. The van der Waals surface area contributed by atoms with Crippen molar-refractivity contribution in [2.75, 3.05) is 0 Å². The molecule has 3 saturated heterocycles. The number of piperidine rings is 1. The number of aromatic nitrogens is 2. The van der Waals surface area contributed by atoms with Crippen LogP contribution in [0, 0.1) is 0 Å². The number of carbonyl (C=O) groups is 3. The summed E-state index contributed by atoms with van der Waals surface area (Å²) in [5, 5.41) is 0. The second-order valence-corrected chi connectivity index (χ2v) is 7.62. The summed E-state index contributed by atoms with van der Waals surface area (Å²) in [5.41, 5.74) is 1.83. The maximum Gasteiger partial charge on any atom is 0.274 e. The summed E-state index contributed by atoms with van der Waals surface area (Å²) in [5.74, 6) is -0.229. The fourth-order valence-electron chi connectivity index (χ4n) is 4.88. The van der Waals surface area contributed by atoms with Gasteiger partial charge in [-0.15, -0.1) is 0 Å². The van der Waals surface area contributed by atoms with Crippen LogP contribution in [-0.2, 0) is 9.59 Å². The number of fused-ring (bicyclic) bond motifs is 3. The first-order valence-electron chi connectivity index (χ1n) is 9.51. The first kappa shape index (κ1) is 16.4. The summed E-state index contributed by atoms with van der Waals surface area (Å²) >= 11 is 0. The van der Waals surface area contributed by atoms with Crippen molar-refractivity contribution in [1.82, 2.24) is 19.8 Å². The van der Waals surface area contributed by atoms with Gasteiger partial charge in [-0.05, 0) is 37.8 Å². The lowest BCUT2D eigenvalue weighted by Gasteiger charge is -2.41. The van der Waals surface area contributed by atoms with E-state index >= 15 is 0 Å². The minimum Gasteiger partial charge on any atom is -0.331 e. The lowest BCUT2D eigenvalue weighted by Crippen LogP contribution is -2.53. The van der Waals surface area contributed by atoms with Crippen LogP contribution in [0.4, 0.5) is 0 Å². The Bertz CT molecular complexity index is 929. The maximum atomic E-state index is 13.1. The fourth-order valence-corrected chi connectivity index (χ4v) is 4.88. The Morgan fingerprint density at radius 2 is 1.56 bits per heavy atom. The molecule has 3 aliphatic heterocycles. The Morgan fingerprint density at radius 1 is 0.926 bits per heavy atom. The molecule has 27 heavy (non-hydrogen) atoms. The molecule has 2 aromatic rings. The van der Waals surface area contributed by atoms with Crippen LogP contribution in [0.5, 0.6) is 0 Å². The lowest BCUT2D eigenvalue weighted by atomic mass is 9.95. The maximum absolute atomic E-state index is 13.1. The standard InChI is InChI=1S/C20H20N4O3/c25-18-7-8-19(26)24(18)14-9-12-5-6-13(10-14)23(12)20(27)17-11-21-15-3-1-2-4-16(15)22-17/h1-4,11-14H,5-10H2. The second-order valence-electron chi connectivity index (χ2n) is 7.62. The van der Waals surface area contributed by atoms with Crippen molar-refractivity contribution in [2.45, 2.75) is 56.7 Å². The van der Waals surface area contributed by atoms with Crippen molar-refractivity contribution in [3.63, 3.8) is 0 Å². The summed E-state index contributed by atoms with van der Waals surface area (Å²) in [6.45, 7) is 0. The van der Waals surface area contributed by atoms with Gasteiger partial charge in [0, 0.05) is 31.0 Å². The van der Waals surface area contributed by atoms with Gasteiger partial charge in [0.05, 0.1) is 17.2 Å². The molecule has 0 N–H and O–H groups in total. The van der Waals surface area contributed by atoms with E-state index in [-0.39, 0.29) is 35.8 Å². The second kappa shape index (κ2) is 6.11. The average molecular weight is 364 g/mol. The fraction of sp³-hybridized carbons (Fsp3) is 0.450. The summed E-state index contributed by atoms with van der Waals surface area (Å²) < 4.78 is 0. The number of para-hydroxylation sites is 2. The third-order valence-electron chi connectivity index (χ3n) is 6.07. The summed E-state index contributed by atoms with van der Waals surface area (Å²) in [6, 6.07) is 7.53. The van der Waals surface area contributed by atoms with E-state index in [4.69, 9.17) is 0 Å². The number of imide groups is 1. The van der Waals surface area contributed by atoms with Gasteiger partial charge in [0.15, 0.2) is 0 Å². The van der Waals surface area contributed by atoms with Crippen LogP contribution in [0.15, 0.2) is 30.5 Å². The highest BCUT2D eigenvalue weighted by Crippen LogP contribution is 2.39. The Balaban J connectivity index is 1.39. The van der Waals surface area contributed by atoms with E-state index in [0.29, 0.717) is 36.9 Å². The first-order chi connectivity index (χ1) is 13.1. The smallest absolute Gasteiger partial charge is 0.274 e. The van der Waals surface area contributed by atoms with Crippen LogP contribution in [0.1, 0.15) is 49.0 Å². The third-order valence-corrected chi connectivity index (χ3v) is 6.07.